The fraction of sp³-hybridized carbons (Fsp3) is 0.143. The summed E-state index contributed by atoms with van der Waals surface area (Å²) in [5.41, 5.74) is 0.661. The van der Waals surface area contributed by atoms with Gasteiger partial charge in [-0.3, -0.25) is 9.59 Å². The van der Waals surface area contributed by atoms with Gasteiger partial charge in [0, 0.05) is 24.9 Å². The zero-order valence-electron chi connectivity index (χ0n) is 10.6. The van der Waals surface area contributed by atoms with E-state index in [0.717, 1.165) is 0 Å². The van der Waals surface area contributed by atoms with Crippen LogP contribution in [0.5, 0.6) is 0 Å². The first-order valence-electron chi connectivity index (χ1n) is 5.72. The lowest BCUT2D eigenvalue weighted by Gasteiger charge is -2.09. The van der Waals surface area contributed by atoms with Crippen molar-refractivity contribution in [1.82, 2.24) is 4.57 Å². The molecule has 0 fully saturated rings. The highest BCUT2D eigenvalue weighted by Crippen LogP contribution is 2.19. The van der Waals surface area contributed by atoms with Crippen LogP contribution in [0, 0.1) is 12.7 Å². The Balaban J connectivity index is 2.31. The normalized spacial score (nSPS) is 10.3. The fourth-order valence-corrected chi connectivity index (χ4v) is 1.67. The zero-order valence-corrected chi connectivity index (χ0v) is 10.6. The number of carbonyl (C=O) groups excluding carboxylic acids is 1. The second-order valence-electron chi connectivity index (χ2n) is 4.25. The molecule has 0 spiro atoms. The molecule has 19 heavy (non-hydrogen) atoms. The van der Waals surface area contributed by atoms with Crippen molar-refractivity contribution in [3.8, 4) is 0 Å². The molecule has 0 aliphatic heterocycles. The van der Waals surface area contributed by atoms with Crippen LogP contribution in [0.1, 0.15) is 15.9 Å². The van der Waals surface area contributed by atoms with Gasteiger partial charge in [0.25, 0.3) is 11.5 Å². The van der Waals surface area contributed by atoms with Crippen LogP contribution in [0.15, 0.2) is 41.3 Å². The van der Waals surface area contributed by atoms with E-state index in [1.165, 1.54) is 29.0 Å². The van der Waals surface area contributed by atoms with Crippen LogP contribution < -0.4 is 10.9 Å². The van der Waals surface area contributed by atoms with E-state index in [4.69, 9.17) is 0 Å². The number of hydrogen-bond acceptors (Lipinski definition) is 2. The first kappa shape index (κ1) is 13.0. The van der Waals surface area contributed by atoms with E-state index >= 15 is 0 Å². The molecular formula is C14H13FN2O2. The van der Waals surface area contributed by atoms with Gasteiger partial charge in [-0.2, -0.15) is 0 Å². The largest absolute Gasteiger partial charge is 0.319 e. The lowest BCUT2D eigenvalue weighted by molar-refractivity contribution is 0.102. The summed E-state index contributed by atoms with van der Waals surface area (Å²) in [4.78, 5) is 23.4. The maximum absolute atomic E-state index is 13.6. The minimum Gasteiger partial charge on any atom is -0.319 e. The van der Waals surface area contributed by atoms with Gasteiger partial charge in [-0.05, 0) is 24.6 Å². The van der Waals surface area contributed by atoms with Crippen molar-refractivity contribution < 1.29 is 9.18 Å². The van der Waals surface area contributed by atoms with Gasteiger partial charge < -0.3 is 9.88 Å². The number of anilines is 1. The summed E-state index contributed by atoms with van der Waals surface area (Å²) in [7, 11) is 1.59. The number of para-hydroxylation sites is 1. The summed E-state index contributed by atoms with van der Waals surface area (Å²) in [5.74, 6) is -1.01. The summed E-state index contributed by atoms with van der Waals surface area (Å²) in [6.45, 7) is 1.70. The maximum Gasteiger partial charge on any atom is 0.256 e. The summed E-state index contributed by atoms with van der Waals surface area (Å²) in [6, 6.07) is 7.26. The highest BCUT2D eigenvalue weighted by molar-refractivity contribution is 6.04. The molecule has 1 N–H and O–H groups in total. The van der Waals surface area contributed by atoms with Crippen molar-refractivity contribution in [2.24, 2.45) is 7.05 Å². The Hall–Kier alpha value is -2.43. The second kappa shape index (κ2) is 5.06. The second-order valence-corrected chi connectivity index (χ2v) is 4.25. The molecule has 1 amide bonds. The Kier molecular flexibility index (Phi) is 3.46. The molecule has 1 aromatic heterocycles. The van der Waals surface area contributed by atoms with E-state index in [1.807, 2.05) is 0 Å². The molecule has 0 saturated heterocycles. The van der Waals surface area contributed by atoms with E-state index in [1.54, 1.807) is 26.1 Å². The van der Waals surface area contributed by atoms with Gasteiger partial charge in [-0.1, -0.05) is 12.1 Å². The smallest absolute Gasteiger partial charge is 0.256 e. The molecule has 2 aromatic rings. The third-order valence-corrected chi connectivity index (χ3v) is 2.83. The average molecular weight is 260 g/mol. The molecule has 1 heterocycles. The zero-order chi connectivity index (χ0) is 14.0. The highest BCUT2D eigenvalue weighted by atomic mass is 19.1. The predicted molar refractivity (Wildman–Crippen MR) is 70.8 cm³/mol. The number of carbonyl (C=O) groups is 1. The van der Waals surface area contributed by atoms with E-state index in [9.17, 15) is 14.0 Å². The minimum absolute atomic E-state index is 0.133. The number of benzene rings is 1. The number of aryl methyl sites for hydroxylation is 2. The van der Waals surface area contributed by atoms with Gasteiger partial charge in [0.2, 0.25) is 0 Å². The number of hydrogen-bond donors (Lipinski definition) is 1. The Labute approximate surface area is 109 Å². The number of aromatic nitrogens is 1. The monoisotopic (exact) mass is 260 g/mol. The number of halogens is 1. The number of rotatable bonds is 2. The van der Waals surface area contributed by atoms with Gasteiger partial charge in [-0.15, -0.1) is 0 Å². The molecule has 0 saturated carbocycles. The molecule has 98 valence electrons. The maximum atomic E-state index is 13.6. The van der Waals surface area contributed by atoms with Gasteiger partial charge in [0.05, 0.1) is 5.69 Å². The van der Waals surface area contributed by atoms with E-state index in [0.29, 0.717) is 5.56 Å². The number of nitrogens with one attached hydrogen (secondary N) is 1. The Morgan fingerprint density at radius 2 is 2.05 bits per heavy atom. The highest BCUT2D eigenvalue weighted by Gasteiger charge is 2.11. The predicted octanol–water partition coefficient (Wildman–Crippen LogP) is 2.09. The fourth-order valence-electron chi connectivity index (χ4n) is 1.67. The van der Waals surface area contributed by atoms with E-state index < -0.39 is 11.7 Å². The molecule has 2 rings (SSSR count). The van der Waals surface area contributed by atoms with Crippen LogP contribution in [-0.4, -0.2) is 10.5 Å². The van der Waals surface area contributed by atoms with Crippen molar-refractivity contribution in [1.29, 1.82) is 0 Å². The van der Waals surface area contributed by atoms with Crippen molar-refractivity contribution >= 4 is 11.6 Å². The molecule has 0 bridgehead atoms. The van der Waals surface area contributed by atoms with E-state index in [2.05, 4.69) is 5.32 Å². The summed E-state index contributed by atoms with van der Waals surface area (Å²) in [6.07, 6.45) is 1.49. The number of amides is 1. The molecular weight excluding hydrogens is 247 g/mol. The van der Waals surface area contributed by atoms with Crippen LogP contribution in [0.25, 0.3) is 0 Å². The SMILES string of the molecule is Cc1cccc(F)c1NC(=O)c1ccn(C)c(=O)c1. The lowest BCUT2D eigenvalue weighted by Crippen LogP contribution is -2.20. The van der Waals surface area contributed by atoms with Gasteiger partial charge >= 0.3 is 0 Å². The molecule has 5 heteroatoms. The van der Waals surface area contributed by atoms with Crippen molar-refractivity contribution in [2.75, 3.05) is 5.32 Å². The van der Waals surface area contributed by atoms with Crippen molar-refractivity contribution in [3.05, 3.63) is 63.8 Å². The Morgan fingerprint density at radius 1 is 1.32 bits per heavy atom. The lowest BCUT2D eigenvalue weighted by atomic mass is 10.1. The summed E-state index contributed by atoms with van der Waals surface area (Å²) >= 11 is 0. The molecule has 0 atom stereocenters. The summed E-state index contributed by atoms with van der Waals surface area (Å²) < 4.78 is 14.9. The van der Waals surface area contributed by atoms with Crippen LogP contribution >= 0.6 is 0 Å². The Morgan fingerprint density at radius 3 is 2.68 bits per heavy atom. The quantitative estimate of drug-likeness (QED) is 0.898. The molecule has 4 nitrogen and oxygen atoms in total. The summed E-state index contributed by atoms with van der Waals surface area (Å²) in [5, 5.41) is 2.48. The average Bonchev–Trinajstić information content (AvgIpc) is 2.37. The van der Waals surface area contributed by atoms with Crippen molar-refractivity contribution in [2.45, 2.75) is 6.92 Å². The van der Waals surface area contributed by atoms with Crippen molar-refractivity contribution in [3.63, 3.8) is 0 Å². The van der Waals surface area contributed by atoms with Crippen LogP contribution in [0.4, 0.5) is 10.1 Å². The minimum atomic E-state index is -0.508. The molecule has 0 aliphatic rings. The standard InChI is InChI=1S/C14H13FN2O2/c1-9-4-3-5-11(15)13(9)16-14(19)10-6-7-17(2)12(18)8-10/h3-8H,1-2H3,(H,16,19). The third-order valence-electron chi connectivity index (χ3n) is 2.83. The topological polar surface area (TPSA) is 51.1 Å². The number of pyridine rings is 1. The first-order chi connectivity index (χ1) is 8.99. The molecule has 0 radical (unpaired) electrons. The first-order valence-corrected chi connectivity index (χ1v) is 5.72. The third kappa shape index (κ3) is 2.70. The van der Waals surface area contributed by atoms with Gasteiger partial charge in [0.15, 0.2) is 0 Å². The Bertz CT molecular complexity index is 672. The number of nitrogens with zero attached hydrogens (tertiary/aromatic N) is 1. The van der Waals surface area contributed by atoms with E-state index in [-0.39, 0.29) is 16.8 Å². The molecule has 0 aliphatic carbocycles. The van der Waals surface area contributed by atoms with Gasteiger partial charge in [0.1, 0.15) is 5.82 Å². The van der Waals surface area contributed by atoms with Crippen LogP contribution in [0.3, 0.4) is 0 Å². The molecule has 1 aromatic carbocycles. The van der Waals surface area contributed by atoms with Gasteiger partial charge in [-0.25, -0.2) is 4.39 Å². The van der Waals surface area contributed by atoms with Crippen LogP contribution in [0.2, 0.25) is 0 Å². The van der Waals surface area contributed by atoms with Crippen LogP contribution in [-0.2, 0) is 7.05 Å². The molecule has 0 unspecified atom stereocenters.